The van der Waals surface area contributed by atoms with Crippen molar-refractivity contribution in [2.75, 3.05) is 0 Å². The molecule has 4 nitrogen and oxygen atoms in total. The lowest BCUT2D eigenvalue weighted by atomic mass is 10.4. The van der Waals surface area contributed by atoms with Crippen LogP contribution < -0.4 is 5.56 Å². The molecular weight excluding hydrogens is 173 g/mol. The van der Waals surface area contributed by atoms with Crippen molar-refractivity contribution in [3.63, 3.8) is 0 Å². The SMILES string of the molecule is O=c1cc(-n2cc(F)cn2)cc[nH]1. The summed E-state index contributed by atoms with van der Waals surface area (Å²) in [6.07, 6.45) is 3.77. The van der Waals surface area contributed by atoms with Gasteiger partial charge in [0.25, 0.3) is 0 Å². The normalized spacial score (nSPS) is 10.2. The number of pyridine rings is 1. The Balaban J connectivity index is 2.52. The van der Waals surface area contributed by atoms with E-state index in [0.29, 0.717) is 5.69 Å². The third-order valence-electron chi connectivity index (χ3n) is 1.57. The van der Waals surface area contributed by atoms with Crippen molar-refractivity contribution in [2.45, 2.75) is 0 Å². The Hall–Kier alpha value is -1.91. The number of nitrogens with zero attached hydrogens (tertiary/aromatic N) is 2. The van der Waals surface area contributed by atoms with Gasteiger partial charge in [0.05, 0.1) is 18.1 Å². The molecule has 0 radical (unpaired) electrons. The van der Waals surface area contributed by atoms with Crippen molar-refractivity contribution in [1.29, 1.82) is 0 Å². The highest BCUT2D eigenvalue weighted by molar-refractivity contribution is 5.27. The third-order valence-corrected chi connectivity index (χ3v) is 1.57. The molecule has 0 amide bonds. The summed E-state index contributed by atoms with van der Waals surface area (Å²) in [4.78, 5) is 13.3. The van der Waals surface area contributed by atoms with Crippen molar-refractivity contribution in [1.82, 2.24) is 14.8 Å². The zero-order valence-electron chi connectivity index (χ0n) is 6.57. The first-order valence-corrected chi connectivity index (χ1v) is 3.65. The fraction of sp³-hybridized carbons (Fsp3) is 0. The van der Waals surface area contributed by atoms with E-state index in [1.165, 1.54) is 23.1 Å². The van der Waals surface area contributed by atoms with E-state index in [-0.39, 0.29) is 5.56 Å². The molecule has 0 unspecified atom stereocenters. The van der Waals surface area contributed by atoms with E-state index in [4.69, 9.17) is 0 Å². The monoisotopic (exact) mass is 179 g/mol. The second-order valence-electron chi connectivity index (χ2n) is 2.51. The lowest BCUT2D eigenvalue weighted by molar-refractivity contribution is 0.627. The van der Waals surface area contributed by atoms with Crippen molar-refractivity contribution in [3.8, 4) is 5.69 Å². The predicted octanol–water partition coefficient (Wildman–Crippen LogP) is 0.700. The molecule has 0 spiro atoms. The first-order valence-electron chi connectivity index (χ1n) is 3.65. The van der Waals surface area contributed by atoms with Crippen LogP contribution in [0.5, 0.6) is 0 Å². The molecule has 5 heteroatoms. The summed E-state index contributed by atoms with van der Waals surface area (Å²) in [5, 5.41) is 3.72. The second kappa shape index (κ2) is 2.85. The zero-order valence-corrected chi connectivity index (χ0v) is 6.57. The minimum atomic E-state index is -0.430. The summed E-state index contributed by atoms with van der Waals surface area (Å²) in [7, 11) is 0. The molecule has 2 heterocycles. The summed E-state index contributed by atoms with van der Waals surface area (Å²) in [6.45, 7) is 0. The molecule has 2 rings (SSSR count). The molecule has 13 heavy (non-hydrogen) atoms. The van der Waals surface area contributed by atoms with E-state index in [9.17, 15) is 9.18 Å². The molecule has 0 bridgehead atoms. The lowest BCUT2D eigenvalue weighted by Crippen LogP contribution is -2.06. The van der Waals surface area contributed by atoms with Gasteiger partial charge >= 0.3 is 0 Å². The maximum Gasteiger partial charge on any atom is 0.250 e. The van der Waals surface area contributed by atoms with Crippen molar-refractivity contribution in [3.05, 3.63) is 46.9 Å². The molecule has 0 fully saturated rings. The molecule has 2 aromatic heterocycles. The van der Waals surface area contributed by atoms with Crippen LogP contribution in [0.4, 0.5) is 4.39 Å². The topological polar surface area (TPSA) is 50.7 Å². The van der Waals surface area contributed by atoms with E-state index in [2.05, 4.69) is 10.1 Å². The van der Waals surface area contributed by atoms with Gasteiger partial charge in [0.1, 0.15) is 0 Å². The fourth-order valence-electron chi connectivity index (χ4n) is 1.02. The molecule has 0 saturated heterocycles. The molecule has 0 aromatic carbocycles. The standard InChI is InChI=1S/C8H6FN3O/c9-6-4-11-12(5-6)7-1-2-10-8(13)3-7/h1-5H,(H,10,13). The van der Waals surface area contributed by atoms with Gasteiger partial charge in [-0.15, -0.1) is 0 Å². The summed E-state index contributed by atoms with van der Waals surface area (Å²) < 4.78 is 13.8. The quantitative estimate of drug-likeness (QED) is 0.700. The molecule has 0 aliphatic carbocycles. The Morgan fingerprint density at radius 2 is 2.38 bits per heavy atom. The van der Waals surface area contributed by atoms with E-state index in [1.807, 2.05) is 0 Å². The number of rotatable bonds is 1. The van der Waals surface area contributed by atoms with Gasteiger partial charge in [-0.1, -0.05) is 0 Å². The first kappa shape index (κ1) is 7.72. The fourth-order valence-corrected chi connectivity index (χ4v) is 1.02. The Bertz CT molecular complexity index is 474. The summed E-state index contributed by atoms with van der Waals surface area (Å²) in [5.41, 5.74) is 0.293. The van der Waals surface area contributed by atoms with E-state index in [0.717, 1.165) is 6.20 Å². The van der Waals surface area contributed by atoms with Gasteiger partial charge in [-0.25, -0.2) is 9.07 Å². The highest BCUT2D eigenvalue weighted by Gasteiger charge is 1.99. The molecular formula is C8H6FN3O. The first-order chi connectivity index (χ1) is 6.25. The van der Waals surface area contributed by atoms with Gasteiger partial charge in [0.15, 0.2) is 5.82 Å². The number of aromatic amines is 1. The van der Waals surface area contributed by atoms with E-state index < -0.39 is 5.82 Å². The largest absolute Gasteiger partial charge is 0.329 e. The Kier molecular flexibility index (Phi) is 1.70. The Morgan fingerprint density at radius 1 is 1.54 bits per heavy atom. The van der Waals surface area contributed by atoms with Gasteiger partial charge < -0.3 is 4.98 Å². The average molecular weight is 179 g/mol. The van der Waals surface area contributed by atoms with Crippen LogP contribution >= 0.6 is 0 Å². The number of hydrogen-bond donors (Lipinski definition) is 1. The third kappa shape index (κ3) is 1.48. The molecule has 0 atom stereocenters. The van der Waals surface area contributed by atoms with Crippen LogP contribution in [0.1, 0.15) is 0 Å². The van der Waals surface area contributed by atoms with Crippen molar-refractivity contribution >= 4 is 0 Å². The van der Waals surface area contributed by atoms with Crippen LogP contribution in [-0.2, 0) is 0 Å². The Morgan fingerprint density at radius 3 is 3.00 bits per heavy atom. The van der Waals surface area contributed by atoms with Crippen molar-refractivity contribution in [2.24, 2.45) is 0 Å². The minimum Gasteiger partial charge on any atom is -0.329 e. The maximum atomic E-state index is 12.5. The number of aromatic nitrogens is 3. The minimum absolute atomic E-state index is 0.242. The second-order valence-corrected chi connectivity index (χ2v) is 2.51. The van der Waals surface area contributed by atoms with Gasteiger partial charge in [0.2, 0.25) is 5.56 Å². The van der Waals surface area contributed by atoms with Crippen LogP contribution in [0.25, 0.3) is 5.69 Å². The van der Waals surface area contributed by atoms with Gasteiger partial charge in [-0.2, -0.15) is 5.10 Å². The van der Waals surface area contributed by atoms with Crippen molar-refractivity contribution < 1.29 is 4.39 Å². The van der Waals surface area contributed by atoms with E-state index >= 15 is 0 Å². The molecule has 0 aliphatic heterocycles. The molecule has 0 saturated carbocycles. The summed E-state index contributed by atoms with van der Waals surface area (Å²) in [5.74, 6) is -0.430. The predicted molar refractivity (Wildman–Crippen MR) is 44.1 cm³/mol. The molecule has 2 aromatic rings. The van der Waals surface area contributed by atoms with Crippen LogP contribution in [0.3, 0.4) is 0 Å². The van der Waals surface area contributed by atoms with E-state index in [1.54, 1.807) is 6.07 Å². The van der Waals surface area contributed by atoms with Gasteiger partial charge in [0, 0.05) is 12.3 Å². The number of halogens is 1. The summed E-state index contributed by atoms with van der Waals surface area (Å²) >= 11 is 0. The number of H-pyrrole nitrogens is 1. The Labute approximate surface area is 72.6 Å². The van der Waals surface area contributed by atoms with Crippen LogP contribution in [0, 0.1) is 5.82 Å². The maximum absolute atomic E-state index is 12.5. The highest BCUT2D eigenvalue weighted by atomic mass is 19.1. The molecule has 1 N–H and O–H groups in total. The smallest absolute Gasteiger partial charge is 0.250 e. The molecule has 0 aliphatic rings. The number of hydrogen-bond acceptors (Lipinski definition) is 2. The van der Waals surface area contributed by atoms with Crippen LogP contribution in [0.2, 0.25) is 0 Å². The highest BCUT2D eigenvalue weighted by Crippen LogP contribution is 2.02. The lowest BCUT2D eigenvalue weighted by Gasteiger charge is -1.97. The van der Waals surface area contributed by atoms with Crippen LogP contribution in [-0.4, -0.2) is 14.8 Å². The summed E-state index contributed by atoms with van der Waals surface area (Å²) in [6, 6.07) is 2.97. The van der Waals surface area contributed by atoms with Gasteiger partial charge in [-0.05, 0) is 6.07 Å². The number of nitrogens with one attached hydrogen (secondary N) is 1. The molecule has 66 valence electrons. The van der Waals surface area contributed by atoms with Crippen LogP contribution in [0.15, 0.2) is 35.5 Å². The average Bonchev–Trinajstić information content (AvgIpc) is 2.52. The van der Waals surface area contributed by atoms with Gasteiger partial charge in [-0.3, -0.25) is 4.79 Å². The zero-order chi connectivity index (χ0) is 9.26.